The highest BCUT2D eigenvalue weighted by Gasteiger charge is 2.64. The van der Waals surface area contributed by atoms with Crippen LogP contribution in [-0.4, -0.2) is 29.7 Å². The maximum absolute atomic E-state index is 13.6. The number of carbonyl (C=O) groups is 4. The number of benzene rings is 3. The summed E-state index contributed by atoms with van der Waals surface area (Å²) in [5.41, 5.74) is 3.29. The third-order valence-corrected chi connectivity index (χ3v) is 8.57. The number of amides is 2. The van der Waals surface area contributed by atoms with E-state index in [9.17, 15) is 19.2 Å². The van der Waals surface area contributed by atoms with Crippen molar-refractivity contribution in [2.45, 2.75) is 38.7 Å². The first-order valence-corrected chi connectivity index (χ1v) is 13.2. The SMILES string of the molecule is Cc1ccc(C(=O)[C@@H](C)OC(=O)c2cccc(N3C(=O)[C@@H]4[C@H]5C[C@@H]([C@@H]4C3=O)[C@@H](c3ccccc3)C5)c2)cc1. The van der Waals surface area contributed by atoms with Crippen LogP contribution >= 0.6 is 0 Å². The molecule has 1 saturated heterocycles. The quantitative estimate of drug-likeness (QED) is 0.255. The molecule has 38 heavy (non-hydrogen) atoms. The number of carbonyl (C=O) groups excluding carboxylic acids is 4. The molecule has 0 unspecified atom stereocenters. The van der Waals surface area contributed by atoms with E-state index in [0.29, 0.717) is 11.3 Å². The largest absolute Gasteiger partial charge is 0.451 e. The Morgan fingerprint density at radius 1 is 0.842 bits per heavy atom. The van der Waals surface area contributed by atoms with E-state index in [2.05, 4.69) is 12.1 Å². The second-order valence-electron chi connectivity index (χ2n) is 10.8. The van der Waals surface area contributed by atoms with Crippen molar-refractivity contribution in [3.05, 3.63) is 101 Å². The summed E-state index contributed by atoms with van der Waals surface area (Å²) in [6.07, 6.45) is 0.843. The van der Waals surface area contributed by atoms with Gasteiger partial charge in [0.15, 0.2) is 6.10 Å². The summed E-state index contributed by atoms with van der Waals surface area (Å²) in [5, 5.41) is 0. The maximum atomic E-state index is 13.6. The molecule has 0 spiro atoms. The lowest BCUT2D eigenvalue weighted by Crippen LogP contribution is -2.33. The van der Waals surface area contributed by atoms with Gasteiger partial charge in [0.1, 0.15) is 0 Å². The van der Waals surface area contributed by atoms with Crippen LogP contribution in [0.1, 0.15) is 57.5 Å². The van der Waals surface area contributed by atoms with Crippen LogP contribution in [0.25, 0.3) is 0 Å². The zero-order chi connectivity index (χ0) is 26.6. The lowest BCUT2D eigenvalue weighted by Gasteiger charge is -2.28. The number of imide groups is 1. The number of ether oxygens (including phenoxy) is 1. The minimum absolute atomic E-state index is 0.149. The summed E-state index contributed by atoms with van der Waals surface area (Å²) in [4.78, 5) is 54.0. The molecule has 3 aromatic carbocycles. The smallest absolute Gasteiger partial charge is 0.338 e. The van der Waals surface area contributed by atoms with Gasteiger partial charge >= 0.3 is 5.97 Å². The average molecular weight is 508 g/mol. The molecule has 6 nitrogen and oxygen atoms in total. The van der Waals surface area contributed by atoms with E-state index < -0.39 is 12.1 Å². The summed E-state index contributed by atoms with van der Waals surface area (Å²) in [5.74, 6) is -1.32. The van der Waals surface area contributed by atoms with Gasteiger partial charge < -0.3 is 4.74 Å². The summed E-state index contributed by atoms with van der Waals surface area (Å²) in [7, 11) is 0. The lowest BCUT2D eigenvalue weighted by atomic mass is 9.73. The number of ketones is 1. The maximum Gasteiger partial charge on any atom is 0.338 e. The van der Waals surface area contributed by atoms with Crippen molar-refractivity contribution in [3.8, 4) is 0 Å². The van der Waals surface area contributed by atoms with Crippen LogP contribution in [0, 0.1) is 30.6 Å². The fourth-order valence-electron chi connectivity index (χ4n) is 6.80. The number of hydrogen-bond donors (Lipinski definition) is 0. The van der Waals surface area contributed by atoms with Crippen LogP contribution in [0.4, 0.5) is 5.69 Å². The molecule has 6 atom stereocenters. The third-order valence-electron chi connectivity index (χ3n) is 8.57. The fraction of sp³-hybridized carbons (Fsp3) is 0.312. The molecule has 0 radical (unpaired) electrons. The lowest BCUT2D eigenvalue weighted by molar-refractivity contribution is -0.123. The molecule has 1 heterocycles. The highest BCUT2D eigenvalue weighted by Crippen LogP contribution is 2.61. The van der Waals surface area contributed by atoms with Gasteiger partial charge in [-0.15, -0.1) is 0 Å². The van der Waals surface area contributed by atoms with Crippen LogP contribution < -0.4 is 4.90 Å². The molecule has 192 valence electrons. The Bertz CT molecular complexity index is 1430. The molecular formula is C32H29NO5. The highest BCUT2D eigenvalue weighted by atomic mass is 16.5. The van der Waals surface area contributed by atoms with E-state index in [4.69, 9.17) is 4.74 Å². The van der Waals surface area contributed by atoms with Crippen LogP contribution in [-0.2, 0) is 14.3 Å². The Hall–Kier alpha value is -4.06. The van der Waals surface area contributed by atoms with Crippen molar-refractivity contribution in [3.63, 3.8) is 0 Å². The monoisotopic (exact) mass is 507 g/mol. The Morgan fingerprint density at radius 3 is 2.29 bits per heavy atom. The Morgan fingerprint density at radius 2 is 1.55 bits per heavy atom. The topological polar surface area (TPSA) is 80.8 Å². The normalized spacial score (nSPS) is 26.4. The van der Waals surface area contributed by atoms with Crippen molar-refractivity contribution < 1.29 is 23.9 Å². The molecule has 3 aromatic rings. The van der Waals surface area contributed by atoms with Crippen LogP contribution in [0.3, 0.4) is 0 Å². The Kier molecular flexibility index (Phi) is 5.98. The van der Waals surface area contributed by atoms with Gasteiger partial charge in [0.05, 0.1) is 23.1 Å². The number of aryl methyl sites for hydroxylation is 1. The zero-order valence-electron chi connectivity index (χ0n) is 21.4. The van der Waals surface area contributed by atoms with Gasteiger partial charge in [-0.05, 0) is 68.2 Å². The van der Waals surface area contributed by atoms with Crippen LogP contribution in [0.5, 0.6) is 0 Å². The van der Waals surface area contributed by atoms with Crippen LogP contribution in [0.15, 0.2) is 78.9 Å². The number of hydrogen-bond acceptors (Lipinski definition) is 5. The molecule has 1 aliphatic heterocycles. The Balaban J connectivity index is 1.19. The zero-order valence-corrected chi connectivity index (χ0v) is 21.4. The molecule has 3 fully saturated rings. The van der Waals surface area contributed by atoms with Gasteiger partial charge in [0.25, 0.3) is 0 Å². The van der Waals surface area contributed by atoms with E-state index in [1.807, 2.05) is 37.3 Å². The van der Waals surface area contributed by atoms with Crippen molar-refractivity contribution in [2.75, 3.05) is 4.90 Å². The first-order chi connectivity index (χ1) is 18.3. The van der Waals surface area contributed by atoms with Crippen molar-refractivity contribution in [1.29, 1.82) is 0 Å². The number of rotatable bonds is 6. The number of anilines is 1. The van der Waals surface area contributed by atoms with Crippen molar-refractivity contribution in [1.82, 2.24) is 0 Å². The molecule has 6 heteroatoms. The van der Waals surface area contributed by atoms with Gasteiger partial charge in [-0.2, -0.15) is 0 Å². The summed E-state index contributed by atoms with van der Waals surface area (Å²) < 4.78 is 5.46. The van der Waals surface area contributed by atoms with Gasteiger partial charge in [-0.3, -0.25) is 19.3 Å². The molecular weight excluding hydrogens is 478 g/mol. The first kappa shape index (κ1) is 24.3. The second-order valence-corrected chi connectivity index (χ2v) is 10.8. The Labute approximate surface area is 221 Å². The summed E-state index contributed by atoms with van der Waals surface area (Å²) in [6.45, 7) is 3.47. The number of esters is 1. The average Bonchev–Trinajstić information content (AvgIpc) is 3.60. The predicted molar refractivity (Wildman–Crippen MR) is 142 cm³/mol. The van der Waals surface area contributed by atoms with E-state index in [0.717, 1.165) is 18.4 Å². The number of Topliss-reactive ketones (excluding diaryl/α,β-unsaturated/α-hetero) is 1. The minimum atomic E-state index is -0.978. The second kappa shape index (κ2) is 9.35. The predicted octanol–water partition coefficient (Wildman–Crippen LogP) is 5.35. The van der Waals surface area contributed by atoms with Crippen LogP contribution in [0.2, 0.25) is 0 Å². The highest BCUT2D eigenvalue weighted by molar-refractivity contribution is 6.23. The van der Waals surface area contributed by atoms with Crippen molar-refractivity contribution in [2.24, 2.45) is 23.7 Å². The molecule has 2 amide bonds. The van der Waals surface area contributed by atoms with E-state index >= 15 is 0 Å². The van der Waals surface area contributed by atoms with E-state index in [1.165, 1.54) is 23.5 Å². The van der Waals surface area contributed by atoms with E-state index in [1.54, 1.807) is 30.3 Å². The van der Waals surface area contributed by atoms with Gasteiger partial charge in [0, 0.05) is 5.56 Å². The number of nitrogens with zero attached hydrogens (tertiary/aromatic N) is 1. The molecule has 2 bridgehead atoms. The minimum Gasteiger partial charge on any atom is -0.451 e. The van der Waals surface area contributed by atoms with Gasteiger partial charge in [-0.1, -0.05) is 66.2 Å². The molecule has 6 rings (SSSR count). The number of fused-ring (bicyclic) bond motifs is 5. The first-order valence-electron chi connectivity index (χ1n) is 13.2. The van der Waals surface area contributed by atoms with Crippen molar-refractivity contribution >= 4 is 29.3 Å². The fourth-order valence-corrected chi connectivity index (χ4v) is 6.80. The summed E-state index contributed by atoms with van der Waals surface area (Å²) in [6, 6.07) is 23.7. The molecule has 0 aromatic heterocycles. The third kappa shape index (κ3) is 3.95. The van der Waals surface area contributed by atoms with Gasteiger partial charge in [0.2, 0.25) is 17.6 Å². The van der Waals surface area contributed by atoms with Gasteiger partial charge in [-0.25, -0.2) is 4.79 Å². The summed E-state index contributed by atoms with van der Waals surface area (Å²) >= 11 is 0. The molecule has 3 aliphatic rings. The molecule has 2 saturated carbocycles. The molecule has 0 N–H and O–H groups in total. The molecule has 2 aliphatic carbocycles. The van der Waals surface area contributed by atoms with E-state index in [-0.39, 0.29) is 52.8 Å². The standard InChI is InChI=1S/C32H29NO5/c1-18-11-13-21(14-12-18)29(34)19(2)38-32(37)22-9-6-10-24(15-22)33-30(35)27-23-16-25(20-7-4-3-5-8-20)26(17-23)28(27)31(33)36/h3-15,19,23,25-28H,16-17H2,1-2H3/t19-,23-,25-,26-,27-,28+/m1/s1.